The quantitative estimate of drug-likeness (QED) is 0.776. The number of nitrogens with zero attached hydrogens (tertiary/aromatic N) is 3. The predicted molar refractivity (Wildman–Crippen MR) is 104 cm³/mol. The lowest BCUT2D eigenvalue weighted by molar-refractivity contribution is -0.114. The summed E-state index contributed by atoms with van der Waals surface area (Å²) in [7, 11) is 1.73. The van der Waals surface area contributed by atoms with Gasteiger partial charge >= 0.3 is 0 Å². The minimum atomic E-state index is -0.0827. The van der Waals surface area contributed by atoms with Crippen molar-refractivity contribution in [3.8, 4) is 5.75 Å². The summed E-state index contributed by atoms with van der Waals surface area (Å²) in [6.45, 7) is 0.390. The van der Waals surface area contributed by atoms with Crippen LogP contribution in [0.3, 0.4) is 0 Å². The maximum atomic E-state index is 12.6. The van der Waals surface area contributed by atoms with Gasteiger partial charge in [-0.1, -0.05) is 6.07 Å². The Balaban J connectivity index is 1.48. The molecule has 27 heavy (non-hydrogen) atoms. The molecule has 0 saturated carbocycles. The van der Waals surface area contributed by atoms with E-state index >= 15 is 0 Å². The van der Waals surface area contributed by atoms with Gasteiger partial charge in [0.2, 0.25) is 0 Å². The monoisotopic (exact) mass is 358 g/mol. The van der Waals surface area contributed by atoms with Gasteiger partial charge in [0.1, 0.15) is 5.75 Å². The number of pyridine rings is 2. The van der Waals surface area contributed by atoms with Crippen molar-refractivity contribution in [2.75, 3.05) is 18.5 Å². The number of rotatable bonds is 4. The van der Waals surface area contributed by atoms with E-state index in [0.717, 1.165) is 16.6 Å². The molecule has 0 spiro atoms. The van der Waals surface area contributed by atoms with Crippen molar-refractivity contribution in [3.05, 3.63) is 84.7 Å². The number of anilines is 1. The van der Waals surface area contributed by atoms with Gasteiger partial charge in [0.15, 0.2) is 5.88 Å². The Labute approximate surface area is 156 Å². The molecule has 0 fully saturated rings. The van der Waals surface area contributed by atoms with Gasteiger partial charge in [0.05, 0.1) is 17.4 Å². The third-order valence-electron chi connectivity index (χ3n) is 4.31. The van der Waals surface area contributed by atoms with Crippen molar-refractivity contribution >= 4 is 22.5 Å². The lowest BCUT2D eigenvalue weighted by atomic mass is 10.1. The van der Waals surface area contributed by atoms with Crippen LogP contribution in [0.5, 0.6) is 5.75 Å². The molecule has 1 aliphatic rings. The molecule has 1 N–H and O–H groups in total. The van der Waals surface area contributed by atoms with Crippen LogP contribution in [0.4, 0.5) is 5.69 Å². The van der Waals surface area contributed by atoms with E-state index in [0.29, 0.717) is 23.8 Å². The molecule has 0 radical (unpaired) electrons. The van der Waals surface area contributed by atoms with Crippen molar-refractivity contribution in [1.29, 1.82) is 0 Å². The van der Waals surface area contributed by atoms with Crippen LogP contribution in [0.15, 0.2) is 84.7 Å². The fourth-order valence-electron chi connectivity index (χ4n) is 2.82. The number of ether oxygens (including phenoxy) is 1. The Kier molecular flexibility index (Phi) is 4.53. The number of fused-ring (bicyclic) bond motifs is 1. The SMILES string of the molecule is CN(C(=O)C1=CC=C(Oc2ccc3cccnc3c2)NC1)c1cccnc1. The van der Waals surface area contributed by atoms with Crippen LogP contribution in [0, 0.1) is 0 Å². The van der Waals surface area contributed by atoms with Gasteiger partial charge in [-0.05, 0) is 42.5 Å². The normalized spacial score (nSPS) is 13.4. The summed E-state index contributed by atoms with van der Waals surface area (Å²) in [6.07, 6.45) is 8.63. The van der Waals surface area contributed by atoms with Crippen LogP contribution in [0.2, 0.25) is 0 Å². The molecule has 134 valence electrons. The number of dihydropyridines is 1. The standard InChI is InChI=1S/C21H18N4O2/c1-25(17-5-3-10-22-14-17)21(26)16-7-9-20(24-13-16)27-18-8-6-15-4-2-11-23-19(15)12-18/h2-12,14,24H,13H2,1H3. The molecule has 6 heteroatoms. The Bertz CT molecular complexity index is 1040. The van der Waals surface area contributed by atoms with E-state index in [2.05, 4.69) is 15.3 Å². The molecule has 6 nitrogen and oxygen atoms in total. The van der Waals surface area contributed by atoms with Gasteiger partial charge in [0, 0.05) is 43.0 Å². The number of benzene rings is 1. The number of aromatic nitrogens is 2. The smallest absolute Gasteiger partial charge is 0.255 e. The molecule has 0 atom stereocenters. The van der Waals surface area contributed by atoms with Gasteiger partial charge in [-0.15, -0.1) is 0 Å². The first-order chi connectivity index (χ1) is 13.2. The lowest BCUT2D eigenvalue weighted by Crippen LogP contribution is -2.34. The number of nitrogens with one attached hydrogen (secondary N) is 1. The lowest BCUT2D eigenvalue weighted by Gasteiger charge is -2.22. The van der Waals surface area contributed by atoms with Crippen LogP contribution in [0.1, 0.15) is 0 Å². The Hall–Kier alpha value is -3.67. The second kappa shape index (κ2) is 7.29. The second-order valence-corrected chi connectivity index (χ2v) is 6.11. The van der Waals surface area contributed by atoms with Crippen LogP contribution >= 0.6 is 0 Å². The van der Waals surface area contributed by atoms with Crippen molar-refractivity contribution < 1.29 is 9.53 Å². The number of hydrogen-bond donors (Lipinski definition) is 1. The van der Waals surface area contributed by atoms with E-state index in [4.69, 9.17) is 4.74 Å². The molecule has 0 saturated heterocycles. The zero-order valence-corrected chi connectivity index (χ0v) is 14.8. The van der Waals surface area contributed by atoms with Gasteiger partial charge in [0.25, 0.3) is 5.91 Å². The second-order valence-electron chi connectivity index (χ2n) is 6.11. The largest absolute Gasteiger partial charge is 0.441 e. The maximum absolute atomic E-state index is 12.6. The Morgan fingerprint density at radius 2 is 2.04 bits per heavy atom. The van der Waals surface area contributed by atoms with Crippen molar-refractivity contribution in [2.24, 2.45) is 0 Å². The maximum Gasteiger partial charge on any atom is 0.255 e. The highest BCUT2D eigenvalue weighted by Gasteiger charge is 2.18. The highest BCUT2D eigenvalue weighted by Crippen LogP contribution is 2.21. The highest BCUT2D eigenvalue weighted by atomic mass is 16.5. The first kappa shape index (κ1) is 16.8. The molecule has 0 aliphatic carbocycles. The summed E-state index contributed by atoms with van der Waals surface area (Å²) in [5.74, 6) is 1.20. The molecule has 3 heterocycles. The van der Waals surface area contributed by atoms with Crippen molar-refractivity contribution in [2.45, 2.75) is 0 Å². The third-order valence-corrected chi connectivity index (χ3v) is 4.31. The van der Waals surface area contributed by atoms with E-state index in [1.807, 2.05) is 36.4 Å². The Morgan fingerprint density at radius 3 is 2.81 bits per heavy atom. The topological polar surface area (TPSA) is 67.4 Å². The number of carbonyl (C=O) groups excluding carboxylic acids is 1. The summed E-state index contributed by atoms with van der Waals surface area (Å²) in [5.41, 5.74) is 2.27. The van der Waals surface area contributed by atoms with E-state index in [1.54, 1.807) is 48.8 Å². The summed E-state index contributed by atoms with van der Waals surface area (Å²) in [6, 6.07) is 13.3. The van der Waals surface area contributed by atoms with Crippen LogP contribution in [0.25, 0.3) is 10.9 Å². The minimum absolute atomic E-state index is 0.0827. The number of likely N-dealkylation sites (N-methyl/N-ethyl adjacent to an activating group) is 1. The van der Waals surface area contributed by atoms with E-state index in [1.165, 1.54) is 0 Å². The van der Waals surface area contributed by atoms with Crippen LogP contribution in [-0.2, 0) is 4.79 Å². The Morgan fingerprint density at radius 1 is 1.15 bits per heavy atom. The summed E-state index contributed by atoms with van der Waals surface area (Å²) < 4.78 is 5.87. The van der Waals surface area contributed by atoms with Crippen molar-refractivity contribution in [1.82, 2.24) is 15.3 Å². The molecule has 4 rings (SSSR count). The minimum Gasteiger partial charge on any atom is -0.441 e. The van der Waals surface area contributed by atoms with Gasteiger partial charge in [-0.25, -0.2) is 0 Å². The van der Waals surface area contributed by atoms with Crippen LogP contribution < -0.4 is 15.0 Å². The number of amides is 1. The molecule has 0 bridgehead atoms. The summed E-state index contributed by atoms with van der Waals surface area (Å²) in [4.78, 5) is 22.6. The zero-order valence-electron chi connectivity index (χ0n) is 14.8. The first-order valence-corrected chi connectivity index (χ1v) is 8.56. The number of carbonyl (C=O) groups is 1. The van der Waals surface area contributed by atoms with E-state index in [-0.39, 0.29) is 5.91 Å². The average Bonchev–Trinajstić information content (AvgIpc) is 2.74. The van der Waals surface area contributed by atoms with Crippen molar-refractivity contribution in [3.63, 3.8) is 0 Å². The number of hydrogen-bond acceptors (Lipinski definition) is 5. The molecular formula is C21H18N4O2. The average molecular weight is 358 g/mol. The summed E-state index contributed by atoms with van der Waals surface area (Å²) in [5, 5.41) is 4.20. The first-order valence-electron chi connectivity index (χ1n) is 8.56. The van der Waals surface area contributed by atoms with Crippen LogP contribution in [-0.4, -0.2) is 29.5 Å². The fourth-order valence-corrected chi connectivity index (χ4v) is 2.82. The third kappa shape index (κ3) is 3.64. The fraction of sp³-hybridized carbons (Fsp3) is 0.0952. The molecule has 1 aromatic carbocycles. The van der Waals surface area contributed by atoms with E-state index in [9.17, 15) is 4.79 Å². The molecule has 2 aromatic heterocycles. The molecular weight excluding hydrogens is 340 g/mol. The van der Waals surface area contributed by atoms with Gasteiger partial charge in [-0.3, -0.25) is 14.8 Å². The number of allylic oxidation sites excluding steroid dienone is 2. The van der Waals surface area contributed by atoms with Gasteiger partial charge in [-0.2, -0.15) is 0 Å². The predicted octanol–water partition coefficient (Wildman–Crippen LogP) is 3.04. The molecule has 1 aliphatic heterocycles. The van der Waals surface area contributed by atoms with Gasteiger partial charge < -0.3 is 15.0 Å². The molecule has 0 unspecified atom stereocenters. The summed E-state index contributed by atoms with van der Waals surface area (Å²) >= 11 is 0. The highest BCUT2D eigenvalue weighted by molar-refractivity contribution is 6.05. The molecule has 3 aromatic rings. The zero-order chi connectivity index (χ0) is 18.6. The van der Waals surface area contributed by atoms with E-state index < -0.39 is 0 Å². The molecule has 1 amide bonds.